The van der Waals surface area contributed by atoms with Crippen molar-refractivity contribution in [1.29, 1.82) is 0 Å². The van der Waals surface area contributed by atoms with E-state index in [0.717, 1.165) is 12.1 Å². The highest BCUT2D eigenvalue weighted by atomic mass is 35.5. The number of benzene rings is 3. The number of nitrogens with zero attached hydrogens (tertiary/aromatic N) is 3. The number of rotatable bonds is 6. The minimum atomic E-state index is -4.45. The molecule has 4 aromatic rings. The Balaban J connectivity index is 1.63. The van der Waals surface area contributed by atoms with Crippen molar-refractivity contribution in [1.82, 2.24) is 14.8 Å². The fraction of sp³-hybridized carbons (Fsp3) is 0.160. The summed E-state index contributed by atoms with van der Waals surface area (Å²) in [7, 11) is 0. The summed E-state index contributed by atoms with van der Waals surface area (Å²) in [6, 6.07) is 15.9. The fourth-order valence-electron chi connectivity index (χ4n) is 3.29. The average Bonchev–Trinajstić information content (AvgIpc) is 3.22. The molecule has 0 spiro atoms. The van der Waals surface area contributed by atoms with Crippen LogP contribution in [0.3, 0.4) is 0 Å². The third-order valence-corrected chi connectivity index (χ3v) is 5.49. The van der Waals surface area contributed by atoms with Crippen molar-refractivity contribution in [2.75, 3.05) is 5.32 Å². The van der Waals surface area contributed by atoms with Gasteiger partial charge in [-0.25, -0.2) is 4.68 Å². The van der Waals surface area contributed by atoms with Crippen LogP contribution in [0.5, 0.6) is 6.01 Å². The number of ether oxygens (including phenoxy) is 1. The maximum atomic E-state index is 13.0. The second kappa shape index (κ2) is 10.2. The third kappa shape index (κ3) is 5.80. The number of anilines is 1. The molecule has 0 fully saturated rings. The molecule has 6 nitrogen and oxygen atoms in total. The van der Waals surface area contributed by atoms with Gasteiger partial charge >= 0.3 is 12.2 Å². The van der Waals surface area contributed by atoms with Gasteiger partial charge in [-0.3, -0.25) is 4.79 Å². The molecule has 4 rings (SSSR count). The highest BCUT2D eigenvalue weighted by molar-refractivity contribution is 6.37. The zero-order valence-corrected chi connectivity index (χ0v) is 20.5. The Bertz CT molecular complexity index is 1390. The number of halogens is 5. The van der Waals surface area contributed by atoms with E-state index in [2.05, 4.69) is 15.4 Å². The van der Waals surface area contributed by atoms with E-state index in [1.807, 2.05) is 13.8 Å². The molecule has 1 amide bonds. The number of hydrogen-bond acceptors (Lipinski definition) is 4. The van der Waals surface area contributed by atoms with Crippen LogP contribution >= 0.6 is 23.2 Å². The zero-order chi connectivity index (χ0) is 26.0. The molecule has 1 aromatic heterocycles. The number of carbonyl (C=O) groups excluding carboxylic acids is 1. The van der Waals surface area contributed by atoms with Crippen molar-refractivity contribution in [3.63, 3.8) is 0 Å². The minimum absolute atomic E-state index is 0.0784. The van der Waals surface area contributed by atoms with Gasteiger partial charge in [0.1, 0.15) is 0 Å². The molecule has 1 heterocycles. The predicted molar refractivity (Wildman–Crippen MR) is 132 cm³/mol. The predicted octanol–water partition coefficient (Wildman–Crippen LogP) is 7.30. The number of alkyl halides is 3. The molecular weight excluding hydrogens is 516 g/mol. The van der Waals surface area contributed by atoms with Crippen molar-refractivity contribution < 1.29 is 22.7 Å². The molecule has 11 heteroatoms. The SMILES string of the molecule is CC(C)Oc1nc(-c2ccc(C(F)(F)F)cc2)n(-c2ccc(NC(=O)c3ccc(Cl)cc3Cl)cc2)n1. The summed E-state index contributed by atoms with van der Waals surface area (Å²) in [4.78, 5) is 17.0. The first-order valence-corrected chi connectivity index (χ1v) is 11.4. The molecule has 0 aliphatic carbocycles. The van der Waals surface area contributed by atoms with Crippen molar-refractivity contribution in [2.24, 2.45) is 0 Å². The van der Waals surface area contributed by atoms with Crippen LogP contribution in [0.1, 0.15) is 29.8 Å². The number of nitrogens with one attached hydrogen (secondary N) is 1. The third-order valence-electron chi connectivity index (χ3n) is 4.94. The molecule has 0 unspecified atom stereocenters. The molecule has 0 saturated heterocycles. The van der Waals surface area contributed by atoms with Crippen LogP contribution < -0.4 is 10.1 Å². The number of amides is 1. The molecule has 3 aromatic carbocycles. The minimum Gasteiger partial charge on any atom is -0.460 e. The van der Waals surface area contributed by atoms with Crippen LogP contribution in [0.15, 0.2) is 66.7 Å². The quantitative estimate of drug-likeness (QED) is 0.281. The lowest BCUT2D eigenvalue weighted by Gasteiger charge is -2.10. The van der Waals surface area contributed by atoms with Gasteiger partial charge in [-0.05, 0) is 68.4 Å². The maximum Gasteiger partial charge on any atom is 0.416 e. The lowest BCUT2D eigenvalue weighted by molar-refractivity contribution is -0.137. The number of hydrogen-bond donors (Lipinski definition) is 1. The van der Waals surface area contributed by atoms with Crippen molar-refractivity contribution >= 4 is 34.8 Å². The van der Waals surface area contributed by atoms with Gasteiger partial charge < -0.3 is 10.1 Å². The van der Waals surface area contributed by atoms with Gasteiger partial charge in [0.25, 0.3) is 5.91 Å². The Hall–Kier alpha value is -3.56. The van der Waals surface area contributed by atoms with Crippen LogP contribution in [-0.4, -0.2) is 26.8 Å². The van der Waals surface area contributed by atoms with Gasteiger partial charge in [-0.2, -0.15) is 18.2 Å². The summed E-state index contributed by atoms with van der Waals surface area (Å²) in [5, 5.41) is 7.76. The van der Waals surface area contributed by atoms with Crippen molar-refractivity contribution in [2.45, 2.75) is 26.1 Å². The number of aromatic nitrogens is 3. The van der Waals surface area contributed by atoms with Gasteiger partial charge in [-0.15, -0.1) is 5.10 Å². The van der Waals surface area contributed by atoms with E-state index >= 15 is 0 Å². The normalized spacial score (nSPS) is 11.6. The van der Waals surface area contributed by atoms with Crippen molar-refractivity contribution in [3.05, 3.63) is 87.9 Å². The van der Waals surface area contributed by atoms with Gasteiger partial charge in [-0.1, -0.05) is 35.3 Å². The van der Waals surface area contributed by atoms with E-state index < -0.39 is 17.6 Å². The summed E-state index contributed by atoms with van der Waals surface area (Å²) in [6.07, 6.45) is -4.66. The molecule has 0 aliphatic heterocycles. The lowest BCUT2D eigenvalue weighted by atomic mass is 10.1. The van der Waals surface area contributed by atoms with Crippen LogP contribution in [0.2, 0.25) is 10.0 Å². The Morgan fingerprint density at radius 2 is 1.67 bits per heavy atom. The fourth-order valence-corrected chi connectivity index (χ4v) is 3.78. The van der Waals surface area contributed by atoms with Gasteiger partial charge in [0, 0.05) is 16.3 Å². The van der Waals surface area contributed by atoms with E-state index in [1.165, 1.54) is 28.9 Å². The molecular formula is C25H19Cl2F3N4O2. The Morgan fingerprint density at radius 1 is 1.00 bits per heavy atom. The molecule has 1 N–H and O–H groups in total. The summed E-state index contributed by atoms with van der Waals surface area (Å²) in [5.41, 5.74) is 0.963. The largest absolute Gasteiger partial charge is 0.460 e. The zero-order valence-electron chi connectivity index (χ0n) is 19.0. The highest BCUT2D eigenvalue weighted by Gasteiger charge is 2.30. The maximum absolute atomic E-state index is 13.0. The smallest absolute Gasteiger partial charge is 0.416 e. The summed E-state index contributed by atoms with van der Waals surface area (Å²) in [6.45, 7) is 3.62. The Kier molecular flexibility index (Phi) is 7.23. The van der Waals surface area contributed by atoms with Gasteiger partial charge in [0.05, 0.1) is 27.9 Å². The highest BCUT2D eigenvalue weighted by Crippen LogP contribution is 2.32. The lowest BCUT2D eigenvalue weighted by Crippen LogP contribution is -2.12. The van der Waals surface area contributed by atoms with E-state index in [4.69, 9.17) is 27.9 Å². The van der Waals surface area contributed by atoms with Crippen LogP contribution in [0.25, 0.3) is 17.1 Å². The molecule has 0 saturated carbocycles. The van der Waals surface area contributed by atoms with E-state index in [9.17, 15) is 18.0 Å². The Labute approximate surface area is 214 Å². The monoisotopic (exact) mass is 534 g/mol. The number of carbonyl (C=O) groups is 1. The van der Waals surface area contributed by atoms with E-state index in [1.54, 1.807) is 30.3 Å². The first-order valence-electron chi connectivity index (χ1n) is 10.7. The molecule has 36 heavy (non-hydrogen) atoms. The second-order valence-corrected chi connectivity index (χ2v) is 8.84. The Morgan fingerprint density at radius 3 is 2.25 bits per heavy atom. The molecule has 186 valence electrons. The molecule has 0 radical (unpaired) electrons. The summed E-state index contributed by atoms with van der Waals surface area (Å²) >= 11 is 12.0. The molecule has 0 aliphatic rings. The molecule has 0 atom stereocenters. The second-order valence-electron chi connectivity index (χ2n) is 8.00. The van der Waals surface area contributed by atoms with Crippen molar-refractivity contribution in [3.8, 4) is 23.1 Å². The first-order chi connectivity index (χ1) is 17.0. The van der Waals surface area contributed by atoms with Gasteiger partial charge in [0.2, 0.25) is 0 Å². The van der Waals surface area contributed by atoms with E-state index in [0.29, 0.717) is 27.8 Å². The summed E-state index contributed by atoms with van der Waals surface area (Å²) in [5.74, 6) is -0.118. The van der Waals surface area contributed by atoms with Crippen LogP contribution in [-0.2, 0) is 6.18 Å². The van der Waals surface area contributed by atoms with E-state index in [-0.39, 0.29) is 22.7 Å². The average molecular weight is 535 g/mol. The van der Waals surface area contributed by atoms with Crippen LogP contribution in [0.4, 0.5) is 18.9 Å². The summed E-state index contributed by atoms with van der Waals surface area (Å²) < 4.78 is 46.0. The standard InChI is InChI=1S/C25H19Cl2F3N4O2/c1-14(2)36-24-32-22(15-3-5-16(6-4-15)25(28,29)30)34(33-24)19-10-8-18(9-11-19)31-23(35)20-12-7-17(26)13-21(20)27/h3-14H,1-2H3,(H,31,35). The van der Waals surface area contributed by atoms with Crippen LogP contribution in [0, 0.1) is 0 Å². The molecule has 0 bridgehead atoms. The topological polar surface area (TPSA) is 69.0 Å². The first kappa shape index (κ1) is 25.5. The van der Waals surface area contributed by atoms with Gasteiger partial charge in [0.15, 0.2) is 5.82 Å².